The Morgan fingerprint density at radius 3 is 2.59 bits per heavy atom. The Hall–Kier alpha value is -1.33. The first kappa shape index (κ1) is 12.1. The molecule has 1 N–H and O–H groups in total. The normalized spacial score (nSPS) is 10.7. The van der Waals surface area contributed by atoms with E-state index in [1.54, 1.807) is 18.7 Å². The van der Waals surface area contributed by atoms with Gasteiger partial charge in [0.25, 0.3) is 0 Å². The molecule has 0 fully saturated rings. The van der Waals surface area contributed by atoms with E-state index in [1.807, 2.05) is 0 Å². The van der Waals surface area contributed by atoms with E-state index in [9.17, 15) is 0 Å². The molecule has 0 saturated carbocycles. The van der Waals surface area contributed by atoms with Gasteiger partial charge in [-0.25, -0.2) is 0 Å². The second kappa shape index (κ2) is 5.84. The first-order chi connectivity index (χ1) is 8.28. The highest BCUT2D eigenvalue weighted by molar-refractivity contribution is 7.98. The van der Waals surface area contributed by atoms with Gasteiger partial charge in [0.05, 0.1) is 6.54 Å². The summed E-state index contributed by atoms with van der Waals surface area (Å²) in [6.07, 6.45) is 2.08. The van der Waals surface area contributed by atoms with Crippen LogP contribution in [0.5, 0.6) is 0 Å². The van der Waals surface area contributed by atoms with E-state index in [2.05, 4.69) is 46.0 Å². The summed E-state index contributed by atoms with van der Waals surface area (Å²) in [5.74, 6) is 1.30. The molecule has 4 nitrogen and oxygen atoms in total. The van der Waals surface area contributed by atoms with E-state index in [0.717, 1.165) is 6.54 Å². The lowest BCUT2D eigenvalue weighted by atomic mass is 10.2. The molecular weight excluding hydrogens is 234 g/mol. The Balaban J connectivity index is 1.81. The first-order valence-corrected chi connectivity index (χ1v) is 6.63. The Morgan fingerprint density at radius 2 is 2.00 bits per heavy atom. The molecular formula is C12H15N3OS. The maximum atomic E-state index is 4.89. The smallest absolute Gasteiger partial charge is 0.223 e. The van der Waals surface area contributed by atoms with Gasteiger partial charge in [-0.15, -0.1) is 11.8 Å². The van der Waals surface area contributed by atoms with Crippen molar-refractivity contribution in [3.05, 3.63) is 41.5 Å². The van der Waals surface area contributed by atoms with Crippen molar-refractivity contribution in [1.29, 1.82) is 0 Å². The highest BCUT2D eigenvalue weighted by Gasteiger charge is 2.01. The molecule has 0 aliphatic heterocycles. The van der Waals surface area contributed by atoms with Crippen molar-refractivity contribution in [1.82, 2.24) is 15.5 Å². The Kier molecular flexibility index (Phi) is 4.17. The van der Waals surface area contributed by atoms with Crippen molar-refractivity contribution >= 4 is 11.8 Å². The van der Waals surface area contributed by atoms with E-state index in [0.29, 0.717) is 18.3 Å². The van der Waals surface area contributed by atoms with Gasteiger partial charge in [-0.05, 0) is 24.0 Å². The number of nitrogens with zero attached hydrogens (tertiary/aromatic N) is 2. The van der Waals surface area contributed by atoms with Crippen molar-refractivity contribution in [3.63, 3.8) is 0 Å². The summed E-state index contributed by atoms with van der Waals surface area (Å²) >= 11 is 1.75. The summed E-state index contributed by atoms with van der Waals surface area (Å²) in [5.41, 5.74) is 1.25. The number of benzene rings is 1. The van der Waals surface area contributed by atoms with Gasteiger partial charge in [0.1, 0.15) is 0 Å². The second-order valence-electron chi connectivity index (χ2n) is 3.68. The molecule has 17 heavy (non-hydrogen) atoms. The minimum absolute atomic E-state index is 0.603. The number of rotatable bonds is 5. The van der Waals surface area contributed by atoms with Crippen molar-refractivity contribution in [2.24, 2.45) is 0 Å². The summed E-state index contributed by atoms with van der Waals surface area (Å²) in [6, 6.07) is 8.50. The van der Waals surface area contributed by atoms with Crippen LogP contribution in [0.25, 0.3) is 0 Å². The van der Waals surface area contributed by atoms with Gasteiger partial charge >= 0.3 is 0 Å². The molecule has 0 bridgehead atoms. The summed E-state index contributed by atoms with van der Waals surface area (Å²) in [4.78, 5) is 5.41. The standard InChI is InChI=1S/C12H15N3OS/c1-9-14-12(15-16-9)8-13-7-10-3-5-11(17-2)6-4-10/h3-6,13H,7-8H2,1-2H3. The number of nitrogens with one attached hydrogen (secondary N) is 1. The first-order valence-electron chi connectivity index (χ1n) is 5.41. The largest absolute Gasteiger partial charge is 0.340 e. The van der Waals surface area contributed by atoms with E-state index in [1.165, 1.54) is 10.5 Å². The van der Waals surface area contributed by atoms with E-state index in [-0.39, 0.29) is 0 Å². The Bertz CT molecular complexity index is 467. The van der Waals surface area contributed by atoms with Crippen LogP contribution < -0.4 is 5.32 Å². The molecule has 90 valence electrons. The molecule has 1 aromatic heterocycles. The van der Waals surface area contributed by atoms with Crippen LogP contribution in [0.4, 0.5) is 0 Å². The fourth-order valence-electron chi connectivity index (χ4n) is 1.48. The molecule has 2 aromatic rings. The third-order valence-corrected chi connectivity index (χ3v) is 3.08. The lowest BCUT2D eigenvalue weighted by molar-refractivity contribution is 0.385. The van der Waals surface area contributed by atoms with Crippen LogP contribution in [-0.2, 0) is 13.1 Å². The van der Waals surface area contributed by atoms with Gasteiger partial charge in [0.2, 0.25) is 5.89 Å². The predicted octanol–water partition coefficient (Wildman–Crippen LogP) is 2.39. The summed E-state index contributed by atoms with van der Waals surface area (Å²) < 4.78 is 4.89. The number of hydrogen-bond donors (Lipinski definition) is 1. The minimum Gasteiger partial charge on any atom is -0.340 e. The van der Waals surface area contributed by atoms with Crippen LogP contribution in [0.3, 0.4) is 0 Å². The van der Waals surface area contributed by atoms with Crippen LogP contribution >= 0.6 is 11.8 Å². The zero-order chi connectivity index (χ0) is 12.1. The lowest BCUT2D eigenvalue weighted by Gasteiger charge is -2.03. The quantitative estimate of drug-likeness (QED) is 0.825. The molecule has 0 saturated heterocycles. The van der Waals surface area contributed by atoms with E-state index >= 15 is 0 Å². The highest BCUT2D eigenvalue weighted by Crippen LogP contribution is 2.14. The molecule has 0 aliphatic rings. The average Bonchev–Trinajstić information content (AvgIpc) is 2.76. The summed E-state index contributed by atoms with van der Waals surface area (Å²) in [7, 11) is 0. The maximum absolute atomic E-state index is 4.89. The second-order valence-corrected chi connectivity index (χ2v) is 4.56. The molecule has 0 radical (unpaired) electrons. The molecule has 0 spiro atoms. The fraction of sp³-hybridized carbons (Fsp3) is 0.333. The number of thioether (sulfide) groups is 1. The van der Waals surface area contributed by atoms with E-state index < -0.39 is 0 Å². The molecule has 0 aliphatic carbocycles. The topological polar surface area (TPSA) is 51.0 Å². The molecule has 2 rings (SSSR count). The van der Waals surface area contributed by atoms with Crippen molar-refractivity contribution in [2.75, 3.05) is 6.26 Å². The van der Waals surface area contributed by atoms with Crippen molar-refractivity contribution in [2.45, 2.75) is 24.9 Å². The van der Waals surface area contributed by atoms with Crippen LogP contribution in [0.1, 0.15) is 17.3 Å². The van der Waals surface area contributed by atoms with Crippen molar-refractivity contribution in [3.8, 4) is 0 Å². The van der Waals surface area contributed by atoms with Gasteiger partial charge < -0.3 is 9.84 Å². The molecule has 1 heterocycles. The molecule has 5 heteroatoms. The molecule has 0 unspecified atom stereocenters. The maximum Gasteiger partial charge on any atom is 0.223 e. The van der Waals surface area contributed by atoms with Crippen LogP contribution in [-0.4, -0.2) is 16.4 Å². The zero-order valence-electron chi connectivity index (χ0n) is 9.93. The fourth-order valence-corrected chi connectivity index (χ4v) is 1.88. The van der Waals surface area contributed by atoms with Gasteiger partial charge in [-0.2, -0.15) is 4.98 Å². The Labute approximate surface area is 105 Å². The lowest BCUT2D eigenvalue weighted by Crippen LogP contribution is -2.13. The van der Waals surface area contributed by atoms with Gasteiger partial charge in [0, 0.05) is 18.4 Å². The van der Waals surface area contributed by atoms with Crippen LogP contribution in [0.15, 0.2) is 33.7 Å². The summed E-state index contributed by atoms with van der Waals surface area (Å²) in [5, 5.41) is 7.10. The third kappa shape index (κ3) is 3.57. The number of aromatic nitrogens is 2. The SMILES string of the molecule is CSc1ccc(CNCc2noc(C)n2)cc1. The third-order valence-electron chi connectivity index (χ3n) is 2.34. The van der Waals surface area contributed by atoms with Crippen LogP contribution in [0.2, 0.25) is 0 Å². The Morgan fingerprint density at radius 1 is 1.24 bits per heavy atom. The monoisotopic (exact) mass is 249 g/mol. The highest BCUT2D eigenvalue weighted by atomic mass is 32.2. The van der Waals surface area contributed by atoms with Gasteiger partial charge in [-0.3, -0.25) is 0 Å². The number of hydrogen-bond acceptors (Lipinski definition) is 5. The zero-order valence-corrected chi connectivity index (χ0v) is 10.8. The van der Waals surface area contributed by atoms with Crippen LogP contribution in [0, 0.1) is 6.92 Å². The van der Waals surface area contributed by atoms with Crippen molar-refractivity contribution < 1.29 is 4.52 Å². The minimum atomic E-state index is 0.603. The van der Waals surface area contributed by atoms with Gasteiger partial charge in [-0.1, -0.05) is 17.3 Å². The van der Waals surface area contributed by atoms with E-state index in [4.69, 9.17) is 4.52 Å². The predicted molar refractivity (Wildman–Crippen MR) is 67.8 cm³/mol. The number of aryl methyl sites for hydroxylation is 1. The molecule has 0 amide bonds. The summed E-state index contributed by atoms with van der Waals surface area (Å²) in [6.45, 7) is 3.22. The van der Waals surface area contributed by atoms with Gasteiger partial charge in [0.15, 0.2) is 5.82 Å². The molecule has 1 aromatic carbocycles. The average molecular weight is 249 g/mol. The molecule has 0 atom stereocenters.